The van der Waals surface area contributed by atoms with Crippen molar-refractivity contribution >= 4 is 17.3 Å². The second kappa shape index (κ2) is 9.91. The van der Waals surface area contributed by atoms with Crippen molar-refractivity contribution in [1.82, 2.24) is 25.5 Å². The lowest BCUT2D eigenvalue weighted by molar-refractivity contribution is 0.125. The van der Waals surface area contributed by atoms with Gasteiger partial charge in [-0.15, -0.1) is 11.3 Å². The first kappa shape index (κ1) is 20.6. The van der Waals surface area contributed by atoms with Gasteiger partial charge < -0.3 is 15.6 Å². The maximum Gasteiger partial charge on any atom is 0.191 e. The van der Waals surface area contributed by atoms with Gasteiger partial charge in [0.25, 0.3) is 0 Å². The molecule has 0 aliphatic carbocycles. The number of thiophene rings is 1. The molecule has 2 atom stereocenters. The summed E-state index contributed by atoms with van der Waals surface area (Å²) in [4.78, 5) is 16.2. The van der Waals surface area contributed by atoms with E-state index in [1.165, 1.54) is 17.7 Å². The Labute approximate surface area is 182 Å². The molecule has 2 unspecified atom stereocenters. The maximum atomic E-state index is 4.50. The molecule has 30 heavy (non-hydrogen) atoms. The first-order valence-electron chi connectivity index (χ1n) is 10.5. The van der Waals surface area contributed by atoms with Crippen LogP contribution in [0.4, 0.5) is 0 Å². The largest absolute Gasteiger partial charge is 0.356 e. The summed E-state index contributed by atoms with van der Waals surface area (Å²) in [6.07, 6.45) is 4.35. The van der Waals surface area contributed by atoms with Gasteiger partial charge in [0, 0.05) is 24.5 Å². The molecule has 1 aliphatic heterocycles. The van der Waals surface area contributed by atoms with Crippen molar-refractivity contribution in [3.8, 4) is 11.3 Å². The molecular weight excluding hydrogens is 392 g/mol. The number of imidazole rings is 1. The van der Waals surface area contributed by atoms with E-state index < -0.39 is 0 Å². The van der Waals surface area contributed by atoms with Crippen LogP contribution in [0.25, 0.3) is 11.3 Å². The van der Waals surface area contributed by atoms with Crippen molar-refractivity contribution in [1.29, 1.82) is 0 Å². The van der Waals surface area contributed by atoms with Crippen molar-refractivity contribution < 1.29 is 0 Å². The van der Waals surface area contributed by atoms with Crippen LogP contribution in [-0.4, -0.2) is 48.0 Å². The molecule has 1 aliphatic rings. The number of benzene rings is 1. The number of aromatic nitrogens is 2. The van der Waals surface area contributed by atoms with Crippen LogP contribution in [0.5, 0.6) is 0 Å². The molecule has 0 radical (unpaired) electrons. The lowest BCUT2D eigenvalue weighted by Crippen LogP contribution is -2.44. The van der Waals surface area contributed by atoms with E-state index >= 15 is 0 Å². The third-order valence-electron chi connectivity index (χ3n) is 5.73. The van der Waals surface area contributed by atoms with Gasteiger partial charge in [-0.2, -0.15) is 0 Å². The number of nitrogens with zero attached hydrogens (tertiary/aromatic N) is 3. The van der Waals surface area contributed by atoms with Crippen molar-refractivity contribution in [2.24, 2.45) is 10.9 Å². The lowest BCUT2D eigenvalue weighted by Gasteiger charge is -2.39. The summed E-state index contributed by atoms with van der Waals surface area (Å²) in [5, 5.41) is 9.10. The Balaban J connectivity index is 1.32. The molecule has 0 bridgehead atoms. The van der Waals surface area contributed by atoms with E-state index in [1.54, 1.807) is 0 Å². The highest BCUT2D eigenvalue weighted by Crippen LogP contribution is 2.36. The Hall–Kier alpha value is -2.64. The lowest BCUT2D eigenvalue weighted by atomic mass is 9.88. The molecule has 3 aromatic rings. The maximum absolute atomic E-state index is 4.50. The Kier molecular flexibility index (Phi) is 6.81. The number of likely N-dealkylation sites (tertiary alicyclic amines) is 1. The number of rotatable bonds is 6. The molecule has 3 N–H and O–H groups in total. The molecule has 6 nitrogen and oxygen atoms in total. The minimum absolute atomic E-state index is 0.475. The van der Waals surface area contributed by atoms with Crippen LogP contribution >= 0.6 is 11.3 Å². The van der Waals surface area contributed by atoms with E-state index in [1.807, 2.05) is 42.8 Å². The molecule has 2 aromatic heterocycles. The molecular formula is C23H30N6S. The average molecular weight is 423 g/mol. The van der Waals surface area contributed by atoms with Crippen LogP contribution in [0.2, 0.25) is 0 Å². The van der Waals surface area contributed by atoms with Crippen LogP contribution in [0, 0.1) is 5.92 Å². The first-order chi connectivity index (χ1) is 14.7. The summed E-state index contributed by atoms with van der Waals surface area (Å²) in [7, 11) is 4.06. The second-order valence-corrected chi connectivity index (χ2v) is 8.74. The van der Waals surface area contributed by atoms with E-state index in [9.17, 15) is 0 Å². The van der Waals surface area contributed by atoms with E-state index in [4.69, 9.17) is 0 Å². The monoisotopic (exact) mass is 422 g/mol. The van der Waals surface area contributed by atoms with Crippen LogP contribution < -0.4 is 10.6 Å². The molecule has 0 saturated carbocycles. The van der Waals surface area contributed by atoms with Gasteiger partial charge in [-0.3, -0.25) is 9.89 Å². The van der Waals surface area contributed by atoms with E-state index in [2.05, 4.69) is 67.2 Å². The Morgan fingerprint density at radius 2 is 2.10 bits per heavy atom. The van der Waals surface area contributed by atoms with Gasteiger partial charge in [0.2, 0.25) is 0 Å². The van der Waals surface area contributed by atoms with Gasteiger partial charge in [-0.1, -0.05) is 36.4 Å². The third kappa shape index (κ3) is 4.91. The van der Waals surface area contributed by atoms with Gasteiger partial charge in [-0.25, -0.2) is 4.98 Å². The summed E-state index contributed by atoms with van der Waals surface area (Å²) in [6, 6.07) is 15.1. The molecule has 3 heterocycles. The standard InChI is InChI=1S/C23H30N6S/c1-24-23(27-16-21-25-15-19(28-21)17-8-4-3-5-9-17)26-14-18-10-6-12-29(2)22(18)20-11-7-13-30-20/h3-5,7-9,11,13,15,18,22H,6,10,12,14,16H2,1-2H3,(H,25,28)(H2,24,26,27). The zero-order valence-electron chi connectivity index (χ0n) is 17.6. The normalized spacial score (nSPS) is 20.3. The van der Waals surface area contributed by atoms with Gasteiger partial charge >= 0.3 is 0 Å². The number of piperidine rings is 1. The summed E-state index contributed by atoms with van der Waals surface area (Å²) in [6.45, 7) is 2.67. The molecule has 7 heteroatoms. The topological polar surface area (TPSA) is 68.3 Å². The van der Waals surface area contributed by atoms with E-state index in [0.29, 0.717) is 18.5 Å². The van der Waals surface area contributed by atoms with Crippen LogP contribution in [-0.2, 0) is 6.54 Å². The number of guanidine groups is 1. The summed E-state index contributed by atoms with van der Waals surface area (Å²) < 4.78 is 0. The number of H-pyrrole nitrogens is 1. The first-order valence-corrected chi connectivity index (χ1v) is 11.4. The predicted molar refractivity (Wildman–Crippen MR) is 125 cm³/mol. The Bertz CT molecular complexity index is 934. The molecule has 1 saturated heterocycles. The van der Waals surface area contributed by atoms with Crippen LogP contribution in [0.15, 0.2) is 59.0 Å². The highest BCUT2D eigenvalue weighted by molar-refractivity contribution is 7.10. The number of hydrogen-bond acceptors (Lipinski definition) is 4. The third-order valence-corrected chi connectivity index (χ3v) is 6.68. The Morgan fingerprint density at radius 1 is 1.23 bits per heavy atom. The Morgan fingerprint density at radius 3 is 2.87 bits per heavy atom. The molecule has 0 spiro atoms. The predicted octanol–water partition coefficient (Wildman–Crippen LogP) is 3.89. The molecule has 4 rings (SSSR count). The van der Waals surface area contributed by atoms with Crippen molar-refractivity contribution in [2.45, 2.75) is 25.4 Å². The average Bonchev–Trinajstić information content (AvgIpc) is 3.47. The molecule has 158 valence electrons. The fourth-order valence-electron chi connectivity index (χ4n) is 4.22. The molecule has 1 fully saturated rings. The smallest absolute Gasteiger partial charge is 0.191 e. The molecule has 0 amide bonds. The van der Waals surface area contributed by atoms with Crippen molar-refractivity contribution in [3.63, 3.8) is 0 Å². The summed E-state index contributed by atoms with van der Waals surface area (Å²) in [5.41, 5.74) is 2.17. The summed E-state index contributed by atoms with van der Waals surface area (Å²) >= 11 is 1.86. The number of aromatic amines is 1. The quantitative estimate of drug-likeness (QED) is 0.416. The fourth-order valence-corrected chi connectivity index (χ4v) is 5.20. The van der Waals surface area contributed by atoms with Gasteiger partial charge in [0.1, 0.15) is 5.82 Å². The van der Waals surface area contributed by atoms with Crippen LogP contribution in [0.1, 0.15) is 29.6 Å². The SMILES string of the molecule is CN=C(NCc1ncc(-c2ccccc2)[nH]1)NCC1CCCN(C)C1c1cccs1. The van der Waals surface area contributed by atoms with Gasteiger partial charge in [-0.05, 0) is 49.4 Å². The van der Waals surface area contributed by atoms with E-state index in [-0.39, 0.29) is 0 Å². The summed E-state index contributed by atoms with van der Waals surface area (Å²) in [5.74, 6) is 2.27. The minimum Gasteiger partial charge on any atom is -0.356 e. The zero-order chi connectivity index (χ0) is 20.8. The zero-order valence-corrected chi connectivity index (χ0v) is 18.5. The second-order valence-electron chi connectivity index (χ2n) is 7.76. The van der Waals surface area contributed by atoms with Crippen molar-refractivity contribution in [3.05, 3.63) is 64.7 Å². The van der Waals surface area contributed by atoms with Gasteiger partial charge in [0.05, 0.1) is 18.4 Å². The fraction of sp³-hybridized carbons (Fsp3) is 0.391. The van der Waals surface area contributed by atoms with Crippen molar-refractivity contribution in [2.75, 3.05) is 27.2 Å². The molecule has 1 aromatic carbocycles. The highest BCUT2D eigenvalue weighted by atomic mass is 32.1. The number of hydrogen-bond donors (Lipinski definition) is 3. The van der Waals surface area contributed by atoms with Crippen LogP contribution in [0.3, 0.4) is 0 Å². The van der Waals surface area contributed by atoms with Gasteiger partial charge in [0.15, 0.2) is 5.96 Å². The number of nitrogens with one attached hydrogen (secondary N) is 3. The number of aliphatic imine (C=N–C) groups is 1. The van der Waals surface area contributed by atoms with E-state index in [0.717, 1.165) is 36.1 Å². The highest BCUT2D eigenvalue weighted by Gasteiger charge is 2.31. The minimum atomic E-state index is 0.475.